The van der Waals surface area contributed by atoms with Crippen molar-refractivity contribution in [3.05, 3.63) is 78.4 Å². The van der Waals surface area contributed by atoms with Crippen LogP contribution in [0.15, 0.2) is 67.0 Å². The molecule has 1 aliphatic heterocycles. The average molecular weight is 331 g/mol. The van der Waals surface area contributed by atoms with Gasteiger partial charge in [-0.3, -0.25) is 4.79 Å². The Labute approximate surface area is 147 Å². The first-order valence-corrected chi connectivity index (χ1v) is 8.75. The maximum atomic E-state index is 13.0. The molecule has 2 heterocycles. The number of benzene rings is 2. The van der Waals surface area contributed by atoms with Gasteiger partial charge in [-0.05, 0) is 36.1 Å². The number of nitrogens with one attached hydrogen (secondary N) is 1. The Hall–Kier alpha value is -2.88. The number of hydrogen-bond acceptors (Lipinski definition) is 2. The number of carbonyl (C=O) groups excluding carboxylic acids is 1. The van der Waals surface area contributed by atoms with E-state index in [1.807, 2.05) is 53.6 Å². The lowest BCUT2D eigenvalue weighted by molar-refractivity contribution is 0.0705. The number of aromatic amines is 1. The molecule has 3 aromatic rings. The van der Waals surface area contributed by atoms with Crippen molar-refractivity contribution in [3.63, 3.8) is 0 Å². The summed E-state index contributed by atoms with van der Waals surface area (Å²) in [4.78, 5) is 22.5. The monoisotopic (exact) mass is 331 g/mol. The van der Waals surface area contributed by atoms with Gasteiger partial charge in [-0.15, -0.1) is 0 Å². The van der Waals surface area contributed by atoms with Crippen LogP contribution in [0.25, 0.3) is 11.1 Å². The summed E-state index contributed by atoms with van der Waals surface area (Å²) < 4.78 is 0. The highest BCUT2D eigenvalue weighted by Gasteiger charge is 2.26. The number of likely N-dealkylation sites (tertiary alicyclic amines) is 1. The lowest BCUT2D eigenvalue weighted by Gasteiger charge is -2.32. The summed E-state index contributed by atoms with van der Waals surface area (Å²) in [5.74, 6) is 1.38. The summed E-state index contributed by atoms with van der Waals surface area (Å²) in [5.41, 5.74) is 2.96. The van der Waals surface area contributed by atoms with Crippen molar-refractivity contribution in [1.29, 1.82) is 0 Å². The number of imidazole rings is 1. The summed E-state index contributed by atoms with van der Waals surface area (Å²) in [6.45, 7) is 1.54. The summed E-state index contributed by atoms with van der Waals surface area (Å²) >= 11 is 0. The molecule has 25 heavy (non-hydrogen) atoms. The van der Waals surface area contributed by atoms with Gasteiger partial charge in [-0.25, -0.2) is 4.98 Å². The van der Waals surface area contributed by atoms with E-state index in [9.17, 15) is 4.79 Å². The van der Waals surface area contributed by atoms with Crippen molar-refractivity contribution in [2.75, 3.05) is 13.1 Å². The van der Waals surface area contributed by atoms with E-state index < -0.39 is 0 Å². The van der Waals surface area contributed by atoms with Gasteiger partial charge in [-0.1, -0.05) is 42.5 Å². The minimum atomic E-state index is 0.106. The second-order valence-corrected chi connectivity index (χ2v) is 6.51. The number of H-pyrrole nitrogens is 1. The molecule has 0 radical (unpaired) electrons. The topological polar surface area (TPSA) is 49.0 Å². The first-order chi connectivity index (χ1) is 12.3. The fourth-order valence-electron chi connectivity index (χ4n) is 3.53. The molecular formula is C21H21N3O. The van der Waals surface area contributed by atoms with Crippen LogP contribution in [0.3, 0.4) is 0 Å². The maximum absolute atomic E-state index is 13.0. The van der Waals surface area contributed by atoms with E-state index >= 15 is 0 Å². The molecule has 1 amide bonds. The fourth-order valence-corrected chi connectivity index (χ4v) is 3.53. The Balaban J connectivity index is 1.54. The fraction of sp³-hybridized carbons (Fsp3) is 0.238. The average Bonchev–Trinajstić information content (AvgIpc) is 3.23. The Morgan fingerprint density at radius 1 is 1.08 bits per heavy atom. The Morgan fingerprint density at radius 2 is 1.92 bits per heavy atom. The molecule has 0 aliphatic carbocycles. The minimum Gasteiger partial charge on any atom is -0.348 e. The largest absolute Gasteiger partial charge is 0.348 e. The maximum Gasteiger partial charge on any atom is 0.253 e. The Morgan fingerprint density at radius 3 is 2.72 bits per heavy atom. The number of aromatic nitrogens is 2. The first kappa shape index (κ1) is 15.6. The van der Waals surface area contributed by atoms with Gasteiger partial charge in [-0.2, -0.15) is 0 Å². The van der Waals surface area contributed by atoms with E-state index in [-0.39, 0.29) is 5.91 Å². The van der Waals surface area contributed by atoms with Crippen molar-refractivity contribution < 1.29 is 4.79 Å². The van der Waals surface area contributed by atoms with Gasteiger partial charge < -0.3 is 9.88 Å². The molecule has 4 rings (SSSR count). The van der Waals surface area contributed by atoms with Crippen LogP contribution >= 0.6 is 0 Å². The molecule has 4 nitrogen and oxygen atoms in total. The van der Waals surface area contributed by atoms with Gasteiger partial charge in [0.25, 0.3) is 5.91 Å². The highest BCUT2D eigenvalue weighted by molar-refractivity contribution is 5.95. The molecule has 0 bridgehead atoms. The standard InChI is InChI=1S/C21H21N3O/c25-21(24-13-5-10-19(15-24)20-22-11-12-23-20)18-9-4-8-17(14-18)16-6-2-1-3-7-16/h1-4,6-9,11-12,14,19H,5,10,13,15H2,(H,22,23)/t19-/m0/s1. The third kappa shape index (κ3) is 3.33. The summed E-state index contributed by atoms with van der Waals surface area (Å²) in [5, 5.41) is 0. The number of amides is 1. The van der Waals surface area contributed by atoms with Gasteiger partial charge in [0, 0.05) is 37.0 Å². The number of rotatable bonds is 3. The van der Waals surface area contributed by atoms with E-state index in [2.05, 4.69) is 22.1 Å². The van der Waals surface area contributed by atoms with Gasteiger partial charge in [0.2, 0.25) is 0 Å². The SMILES string of the molecule is O=C(c1cccc(-c2ccccc2)c1)N1CCC[C@H](c2ncc[nH]2)C1. The molecule has 0 unspecified atom stereocenters. The minimum absolute atomic E-state index is 0.106. The number of hydrogen-bond donors (Lipinski definition) is 1. The molecular weight excluding hydrogens is 310 g/mol. The van der Waals surface area contributed by atoms with Crippen LogP contribution in [-0.4, -0.2) is 33.9 Å². The van der Waals surface area contributed by atoms with E-state index in [1.165, 1.54) is 0 Å². The third-order valence-corrected chi connectivity index (χ3v) is 4.83. The van der Waals surface area contributed by atoms with Crippen LogP contribution < -0.4 is 0 Å². The molecule has 1 N–H and O–H groups in total. The number of carbonyl (C=O) groups is 1. The van der Waals surface area contributed by atoms with Gasteiger partial charge >= 0.3 is 0 Å². The van der Waals surface area contributed by atoms with Gasteiger partial charge in [0.15, 0.2) is 0 Å². The summed E-state index contributed by atoms with van der Waals surface area (Å²) in [7, 11) is 0. The summed E-state index contributed by atoms with van der Waals surface area (Å²) in [6, 6.07) is 18.1. The Bertz CT molecular complexity index is 843. The predicted molar refractivity (Wildman–Crippen MR) is 98.3 cm³/mol. The lowest BCUT2D eigenvalue weighted by Crippen LogP contribution is -2.39. The van der Waals surface area contributed by atoms with Gasteiger partial charge in [0.05, 0.1) is 0 Å². The zero-order chi connectivity index (χ0) is 17.1. The molecule has 0 saturated carbocycles. The van der Waals surface area contributed by atoms with E-state index in [1.54, 1.807) is 6.20 Å². The molecule has 1 fully saturated rings. The Kier molecular flexibility index (Phi) is 4.34. The molecule has 1 aliphatic rings. The van der Waals surface area contributed by atoms with Crippen LogP contribution in [0.2, 0.25) is 0 Å². The molecule has 0 spiro atoms. The second-order valence-electron chi connectivity index (χ2n) is 6.51. The lowest BCUT2D eigenvalue weighted by atomic mass is 9.96. The first-order valence-electron chi connectivity index (χ1n) is 8.75. The van der Waals surface area contributed by atoms with Crippen molar-refractivity contribution in [3.8, 4) is 11.1 Å². The highest BCUT2D eigenvalue weighted by Crippen LogP contribution is 2.26. The molecule has 126 valence electrons. The molecule has 2 aromatic carbocycles. The van der Waals surface area contributed by atoms with E-state index in [4.69, 9.17) is 0 Å². The highest BCUT2D eigenvalue weighted by atomic mass is 16.2. The van der Waals surface area contributed by atoms with Crippen molar-refractivity contribution in [1.82, 2.24) is 14.9 Å². The molecule has 4 heteroatoms. The van der Waals surface area contributed by atoms with E-state index in [0.717, 1.165) is 48.4 Å². The van der Waals surface area contributed by atoms with Crippen molar-refractivity contribution in [2.24, 2.45) is 0 Å². The van der Waals surface area contributed by atoms with Crippen LogP contribution in [0.4, 0.5) is 0 Å². The third-order valence-electron chi connectivity index (χ3n) is 4.83. The van der Waals surface area contributed by atoms with Crippen LogP contribution in [0.5, 0.6) is 0 Å². The van der Waals surface area contributed by atoms with Crippen molar-refractivity contribution in [2.45, 2.75) is 18.8 Å². The smallest absolute Gasteiger partial charge is 0.253 e. The molecule has 1 aromatic heterocycles. The molecule has 1 saturated heterocycles. The quantitative estimate of drug-likeness (QED) is 0.785. The van der Waals surface area contributed by atoms with Crippen LogP contribution in [0.1, 0.15) is 34.9 Å². The predicted octanol–water partition coefficient (Wildman–Crippen LogP) is 4.10. The normalized spacial score (nSPS) is 17.4. The second kappa shape index (κ2) is 6.93. The summed E-state index contributed by atoms with van der Waals surface area (Å²) in [6.07, 6.45) is 5.70. The van der Waals surface area contributed by atoms with Crippen LogP contribution in [-0.2, 0) is 0 Å². The molecule has 1 atom stereocenters. The van der Waals surface area contributed by atoms with Crippen molar-refractivity contribution >= 4 is 5.91 Å². The zero-order valence-corrected chi connectivity index (χ0v) is 14.1. The number of piperidine rings is 1. The van der Waals surface area contributed by atoms with E-state index in [0.29, 0.717) is 5.92 Å². The number of nitrogens with zero attached hydrogens (tertiary/aromatic N) is 2. The zero-order valence-electron chi connectivity index (χ0n) is 14.1. The van der Waals surface area contributed by atoms with Crippen LogP contribution in [0, 0.1) is 0 Å². The van der Waals surface area contributed by atoms with Gasteiger partial charge in [0.1, 0.15) is 5.82 Å².